The predicted molar refractivity (Wildman–Crippen MR) is 67.5 cm³/mol. The van der Waals surface area contributed by atoms with Crippen LogP contribution in [0.2, 0.25) is 0 Å². The zero-order chi connectivity index (χ0) is 12.9. The second-order valence-electron chi connectivity index (χ2n) is 3.19. The van der Waals surface area contributed by atoms with E-state index in [0.29, 0.717) is 16.9 Å². The molecule has 1 aromatic rings. The normalized spacial score (nSPS) is 12.1. The van der Waals surface area contributed by atoms with Crippen molar-refractivity contribution in [1.82, 2.24) is 0 Å². The van der Waals surface area contributed by atoms with E-state index in [1.807, 2.05) is 0 Å². The molecule has 0 saturated heterocycles. The summed E-state index contributed by atoms with van der Waals surface area (Å²) in [5.74, 6) is 0.341. The second-order valence-corrected chi connectivity index (χ2v) is 4.42. The van der Waals surface area contributed by atoms with E-state index >= 15 is 0 Å². The van der Waals surface area contributed by atoms with E-state index in [-0.39, 0.29) is 5.69 Å². The van der Waals surface area contributed by atoms with Crippen LogP contribution in [0.25, 0.3) is 0 Å². The molecule has 0 saturated carbocycles. The Bertz CT molecular complexity index is 404. The molecule has 94 valence electrons. The zero-order valence-corrected chi connectivity index (χ0v) is 11.0. The number of benzene rings is 1. The monoisotopic (exact) mass is 327 g/mol. The fourth-order valence-electron chi connectivity index (χ4n) is 1.22. The van der Waals surface area contributed by atoms with Crippen LogP contribution in [0, 0.1) is 0 Å². The lowest BCUT2D eigenvalue weighted by Crippen LogP contribution is -2.10. The molecule has 0 bridgehead atoms. The highest BCUT2D eigenvalue weighted by Gasteiger charge is 2.33. The Kier molecular flexibility index (Phi) is 5.33. The molecule has 17 heavy (non-hydrogen) atoms. The van der Waals surface area contributed by atoms with E-state index in [1.165, 1.54) is 6.07 Å². The standard InChI is InChI=1S/C11H10BrClF3N/c12-8-3-4-10(17-6-2-1-5-13)9(7-8)11(14,15)16/h1-4,7,17H,5-6H2/b2-1+. The van der Waals surface area contributed by atoms with Gasteiger partial charge in [-0.2, -0.15) is 13.2 Å². The summed E-state index contributed by atoms with van der Waals surface area (Å²) < 4.78 is 38.5. The van der Waals surface area contributed by atoms with Crippen LogP contribution in [0.4, 0.5) is 18.9 Å². The van der Waals surface area contributed by atoms with E-state index in [0.717, 1.165) is 6.07 Å². The largest absolute Gasteiger partial charge is 0.418 e. The first kappa shape index (κ1) is 14.4. The smallest absolute Gasteiger partial charge is 0.381 e. The number of hydrogen-bond donors (Lipinski definition) is 1. The minimum atomic E-state index is -4.37. The fourth-order valence-corrected chi connectivity index (χ4v) is 1.71. The minimum absolute atomic E-state index is 0.0555. The van der Waals surface area contributed by atoms with Crippen molar-refractivity contribution in [2.24, 2.45) is 0 Å². The van der Waals surface area contributed by atoms with E-state index in [4.69, 9.17) is 11.6 Å². The third kappa shape index (κ3) is 4.60. The van der Waals surface area contributed by atoms with Gasteiger partial charge in [-0.15, -0.1) is 11.6 Å². The molecule has 0 aromatic heterocycles. The molecular formula is C11H10BrClF3N. The number of halogens is 5. The molecule has 1 nitrogen and oxygen atoms in total. The van der Waals surface area contributed by atoms with Gasteiger partial charge in [0.25, 0.3) is 0 Å². The van der Waals surface area contributed by atoms with Gasteiger partial charge in [0.15, 0.2) is 0 Å². The van der Waals surface area contributed by atoms with E-state index in [9.17, 15) is 13.2 Å². The van der Waals surface area contributed by atoms with E-state index < -0.39 is 11.7 Å². The molecule has 0 unspecified atom stereocenters. The van der Waals surface area contributed by atoms with Gasteiger partial charge in [0.1, 0.15) is 0 Å². The summed E-state index contributed by atoms with van der Waals surface area (Å²) in [5.41, 5.74) is -0.633. The third-order valence-corrected chi connectivity index (χ3v) is 2.62. The Morgan fingerprint density at radius 1 is 1.29 bits per heavy atom. The first-order valence-electron chi connectivity index (χ1n) is 4.76. The molecule has 6 heteroatoms. The Morgan fingerprint density at radius 2 is 2.00 bits per heavy atom. The Labute approximate surface area is 111 Å². The van der Waals surface area contributed by atoms with E-state index in [2.05, 4.69) is 21.2 Å². The molecule has 0 atom stereocenters. The van der Waals surface area contributed by atoms with Crippen molar-refractivity contribution < 1.29 is 13.2 Å². The van der Waals surface area contributed by atoms with Crippen LogP contribution in [0.5, 0.6) is 0 Å². The number of alkyl halides is 4. The summed E-state index contributed by atoms with van der Waals surface area (Å²) in [6, 6.07) is 4.00. The fraction of sp³-hybridized carbons (Fsp3) is 0.273. The number of hydrogen-bond acceptors (Lipinski definition) is 1. The molecule has 0 spiro atoms. The number of allylic oxidation sites excluding steroid dienone is 1. The lowest BCUT2D eigenvalue weighted by Gasteiger charge is -2.14. The van der Waals surface area contributed by atoms with Gasteiger partial charge in [0.05, 0.1) is 5.56 Å². The number of nitrogens with one attached hydrogen (secondary N) is 1. The van der Waals surface area contributed by atoms with Crippen LogP contribution in [0.1, 0.15) is 5.56 Å². The van der Waals surface area contributed by atoms with Gasteiger partial charge in [-0.1, -0.05) is 28.1 Å². The zero-order valence-electron chi connectivity index (χ0n) is 8.69. The van der Waals surface area contributed by atoms with Crippen molar-refractivity contribution in [3.8, 4) is 0 Å². The van der Waals surface area contributed by atoms with Gasteiger partial charge in [-0.3, -0.25) is 0 Å². The molecule has 0 amide bonds. The predicted octanol–water partition coefficient (Wildman–Crippen LogP) is 4.67. The lowest BCUT2D eigenvalue weighted by atomic mass is 10.1. The molecule has 1 rings (SSSR count). The van der Waals surface area contributed by atoms with Crippen LogP contribution in [-0.4, -0.2) is 12.4 Å². The number of rotatable bonds is 4. The van der Waals surface area contributed by atoms with Gasteiger partial charge < -0.3 is 5.32 Å². The highest BCUT2D eigenvalue weighted by Crippen LogP contribution is 2.36. The van der Waals surface area contributed by atoms with Crippen molar-refractivity contribution in [2.45, 2.75) is 6.18 Å². The first-order chi connectivity index (χ1) is 7.95. The second kappa shape index (κ2) is 6.31. The van der Waals surface area contributed by atoms with Gasteiger partial charge in [0, 0.05) is 22.6 Å². The molecular weight excluding hydrogens is 318 g/mol. The molecule has 0 heterocycles. The van der Waals surface area contributed by atoms with Gasteiger partial charge in [-0.05, 0) is 18.2 Å². The highest BCUT2D eigenvalue weighted by atomic mass is 79.9. The Balaban J connectivity index is 2.87. The van der Waals surface area contributed by atoms with Crippen molar-refractivity contribution in [2.75, 3.05) is 17.7 Å². The van der Waals surface area contributed by atoms with Gasteiger partial charge in [-0.25, -0.2) is 0 Å². The van der Waals surface area contributed by atoms with Crippen molar-refractivity contribution >= 4 is 33.2 Å². The van der Waals surface area contributed by atoms with Crippen LogP contribution in [-0.2, 0) is 6.18 Å². The molecule has 0 aliphatic rings. The molecule has 0 radical (unpaired) electrons. The summed E-state index contributed by atoms with van der Waals surface area (Å²) >= 11 is 8.43. The molecule has 0 fully saturated rings. The van der Waals surface area contributed by atoms with Crippen LogP contribution in [0.15, 0.2) is 34.8 Å². The summed E-state index contributed by atoms with van der Waals surface area (Å²) in [5, 5.41) is 2.70. The molecule has 1 aromatic carbocycles. The Hall–Kier alpha value is -0.680. The summed E-state index contributed by atoms with van der Waals surface area (Å²) in [4.78, 5) is 0. The van der Waals surface area contributed by atoms with Crippen LogP contribution in [0.3, 0.4) is 0 Å². The molecule has 1 N–H and O–H groups in total. The van der Waals surface area contributed by atoms with Gasteiger partial charge in [0.2, 0.25) is 0 Å². The summed E-state index contributed by atoms with van der Waals surface area (Å²) in [6.07, 6.45) is -1.03. The number of anilines is 1. The third-order valence-electron chi connectivity index (χ3n) is 1.95. The lowest BCUT2D eigenvalue weighted by molar-refractivity contribution is -0.137. The summed E-state index contributed by atoms with van der Waals surface area (Å²) in [6.45, 7) is 0.303. The van der Waals surface area contributed by atoms with Crippen molar-refractivity contribution in [3.63, 3.8) is 0 Å². The van der Waals surface area contributed by atoms with Crippen molar-refractivity contribution in [3.05, 3.63) is 40.4 Å². The Morgan fingerprint density at radius 3 is 2.59 bits per heavy atom. The maximum absolute atomic E-state index is 12.7. The molecule has 0 aliphatic carbocycles. The highest BCUT2D eigenvalue weighted by molar-refractivity contribution is 9.10. The maximum Gasteiger partial charge on any atom is 0.418 e. The average Bonchev–Trinajstić information content (AvgIpc) is 2.25. The van der Waals surface area contributed by atoms with Crippen molar-refractivity contribution in [1.29, 1.82) is 0 Å². The quantitative estimate of drug-likeness (QED) is 0.625. The van der Waals surface area contributed by atoms with E-state index in [1.54, 1.807) is 18.2 Å². The molecule has 0 aliphatic heterocycles. The average molecular weight is 329 g/mol. The topological polar surface area (TPSA) is 12.0 Å². The van der Waals surface area contributed by atoms with Gasteiger partial charge >= 0.3 is 6.18 Å². The maximum atomic E-state index is 12.7. The summed E-state index contributed by atoms with van der Waals surface area (Å²) in [7, 11) is 0. The van der Waals surface area contributed by atoms with Crippen LogP contribution >= 0.6 is 27.5 Å². The van der Waals surface area contributed by atoms with Crippen LogP contribution < -0.4 is 5.32 Å². The first-order valence-corrected chi connectivity index (χ1v) is 6.09. The SMILES string of the molecule is FC(F)(F)c1cc(Br)ccc1NC/C=C/CCl. The minimum Gasteiger partial charge on any atom is -0.381 e.